The summed E-state index contributed by atoms with van der Waals surface area (Å²) in [6, 6.07) is 42.9. The van der Waals surface area contributed by atoms with Crippen LogP contribution in [0.4, 0.5) is 0 Å². The van der Waals surface area contributed by atoms with Gasteiger partial charge in [-0.15, -0.1) is 0 Å². The molecule has 1 radical (unpaired) electrons. The molecule has 36 heavy (non-hydrogen) atoms. The maximum atomic E-state index is 3.77. The van der Waals surface area contributed by atoms with Gasteiger partial charge in [0.25, 0.3) is 0 Å². The van der Waals surface area contributed by atoms with Crippen LogP contribution in [0.15, 0.2) is 134 Å². The number of nitrogens with zero attached hydrogens (tertiary/aromatic N) is 1. The van der Waals surface area contributed by atoms with Gasteiger partial charge in [-0.2, -0.15) is 0 Å². The Bertz CT molecular complexity index is 1120. The average Bonchev–Trinajstić information content (AvgIpc) is 3.19. The highest BCUT2D eigenvalue weighted by Crippen LogP contribution is 2.35. The van der Waals surface area contributed by atoms with Gasteiger partial charge in [0, 0.05) is 6.54 Å². The molecule has 4 aromatic rings. The van der Waals surface area contributed by atoms with Gasteiger partial charge < -0.3 is 4.90 Å². The summed E-state index contributed by atoms with van der Waals surface area (Å²) in [6.45, 7) is 2.60. The maximum absolute atomic E-state index is 3.77. The van der Waals surface area contributed by atoms with Crippen molar-refractivity contribution in [1.29, 1.82) is 0 Å². The third-order valence-corrected chi connectivity index (χ3v) is 7.33. The minimum Gasteiger partial charge on any atom is -0.356 e. The Kier molecular flexibility index (Phi) is 8.00. The molecule has 0 aliphatic carbocycles. The smallest absolute Gasteiger partial charge is 0.117 e. The Labute approximate surface area is 216 Å². The first-order chi connectivity index (χ1) is 17.9. The van der Waals surface area contributed by atoms with Gasteiger partial charge in [0.1, 0.15) is 5.66 Å². The third-order valence-electron chi connectivity index (χ3n) is 7.33. The monoisotopic (exact) mass is 470 g/mol. The topological polar surface area (TPSA) is 15.3 Å². The molecule has 3 heteroatoms. The van der Waals surface area contributed by atoms with Crippen LogP contribution in [0.25, 0.3) is 0 Å². The molecule has 1 unspecified atom stereocenters. The van der Waals surface area contributed by atoms with E-state index in [9.17, 15) is 0 Å². The molecule has 0 saturated carbocycles. The lowest BCUT2D eigenvalue weighted by Crippen LogP contribution is -2.58. The lowest BCUT2D eigenvalue weighted by molar-refractivity contribution is 0.0615. The Morgan fingerprint density at radius 1 is 0.611 bits per heavy atom. The van der Waals surface area contributed by atoms with Gasteiger partial charge in [-0.3, -0.25) is 5.32 Å². The minimum atomic E-state index is 0.0481. The van der Waals surface area contributed by atoms with E-state index >= 15 is 0 Å². The number of rotatable bonds is 4. The summed E-state index contributed by atoms with van der Waals surface area (Å²) in [5, 5.41) is 3.77. The van der Waals surface area contributed by atoms with Gasteiger partial charge in [0.15, 0.2) is 0 Å². The van der Waals surface area contributed by atoms with Crippen molar-refractivity contribution >= 4 is 23.1 Å². The van der Waals surface area contributed by atoms with Crippen molar-refractivity contribution in [2.24, 2.45) is 0 Å². The standard InChI is InChI=1S/C18H15B.C15H20N2/c1-4-10-16(11-5-1)19(17-12-6-2-7-13-17)18-14-8-3-9-15-18;1-3-8-14(9-4-1)15-10-5-2-6-12-17(15)13-7-11-16-15/h1-15H;1,3-4,6,8-9,12,16H,2,5,7,10-11,13H2/q-1;. The molecular formula is C33H35BN2-. The molecule has 2 aliphatic rings. The van der Waals surface area contributed by atoms with Crippen molar-refractivity contribution in [1.82, 2.24) is 10.2 Å². The van der Waals surface area contributed by atoms with Gasteiger partial charge in [-0.05, 0) is 50.7 Å². The SMILES string of the molecule is C1=CN2CCCNC2(c2ccccc2)CCC1.c1ccc([B-](c2ccccc2)c2ccccc2)cc1. The van der Waals surface area contributed by atoms with E-state index in [0.29, 0.717) is 6.71 Å². The summed E-state index contributed by atoms with van der Waals surface area (Å²) >= 11 is 0. The van der Waals surface area contributed by atoms with Crippen LogP contribution in [-0.2, 0) is 5.66 Å². The molecule has 1 atom stereocenters. The molecular weight excluding hydrogens is 435 g/mol. The number of hydrogen-bond acceptors (Lipinski definition) is 2. The quantitative estimate of drug-likeness (QED) is 0.421. The first-order valence-electron chi connectivity index (χ1n) is 13.3. The van der Waals surface area contributed by atoms with Crippen LogP contribution in [-0.4, -0.2) is 24.7 Å². The molecule has 0 amide bonds. The Hall–Kier alpha value is -3.56. The van der Waals surface area contributed by atoms with Crippen LogP contribution in [0, 0.1) is 0 Å². The highest BCUT2D eigenvalue weighted by Gasteiger charge is 2.38. The summed E-state index contributed by atoms with van der Waals surface area (Å²) in [6.07, 6.45) is 9.51. The number of hydrogen-bond donors (Lipinski definition) is 1. The Balaban J connectivity index is 0.000000149. The van der Waals surface area contributed by atoms with E-state index in [4.69, 9.17) is 0 Å². The normalized spacial score (nSPS) is 19.1. The van der Waals surface area contributed by atoms with Gasteiger partial charge >= 0.3 is 0 Å². The minimum absolute atomic E-state index is 0.0481. The van der Waals surface area contributed by atoms with Crippen molar-refractivity contribution in [3.63, 3.8) is 0 Å². The zero-order valence-electron chi connectivity index (χ0n) is 21.0. The molecule has 1 saturated heterocycles. The van der Waals surface area contributed by atoms with E-state index < -0.39 is 0 Å². The van der Waals surface area contributed by atoms with Crippen LogP contribution in [0.5, 0.6) is 0 Å². The molecule has 0 aromatic heterocycles. The van der Waals surface area contributed by atoms with E-state index in [-0.39, 0.29) is 5.66 Å². The second-order valence-electron chi connectivity index (χ2n) is 9.64. The van der Waals surface area contributed by atoms with Crippen LogP contribution >= 0.6 is 0 Å². The van der Waals surface area contributed by atoms with Crippen LogP contribution in [0.1, 0.15) is 31.2 Å². The van der Waals surface area contributed by atoms with E-state index in [2.05, 4.69) is 144 Å². The van der Waals surface area contributed by atoms with Gasteiger partial charge in [0.2, 0.25) is 0 Å². The van der Waals surface area contributed by atoms with Gasteiger partial charge in [-0.1, -0.05) is 127 Å². The van der Waals surface area contributed by atoms with Crippen molar-refractivity contribution < 1.29 is 0 Å². The number of benzene rings is 4. The largest absolute Gasteiger partial charge is 0.356 e. The predicted molar refractivity (Wildman–Crippen MR) is 154 cm³/mol. The zero-order chi connectivity index (χ0) is 24.5. The lowest BCUT2D eigenvalue weighted by Gasteiger charge is -2.47. The fourth-order valence-corrected chi connectivity index (χ4v) is 5.59. The first-order valence-corrected chi connectivity index (χ1v) is 13.3. The highest BCUT2D eigenvalue weighted by molar-refractivity contribution is 6.95. The van der Waals surface area contributed by atoms with Crippen LogP contribution < -0.4 is 21.7 Å². The molecule has 4 aromatic carbocycles. The van der Waals surface area contributed by atoms with E-state index in [1.54, 1.807) is 0 Å². The molecule has 0 bridgehead atoms. The van der Waals surface area contributed by atoms with Crippen molar-refractivity contribution in [2.75, 3.05) is 13.1 Å². The van der Waals surface area contributed by atoms with Crippen molar-refractivity contribution in [3.8, 4) is 0 Å². The zero-order valence-corrected chi connectivity index (χ0v) is 21.0. The summed E-state index contributed by atoms with van der Waals surface area (Å²) in [7, 11) is 0. The predicted octanol–water partition coefficient (Wildman–Crippen LogP) is 5.04. The molecule has 181 valence electrons. The fourth-order valence-electron chi connectivity index (χ4n) is 5.59. The van der Waals surface area contributed by atoms with Crippen LogP contribution in [0.3, 0.4) is 0 Å². The second kappa shape index (κ2) is 11.9. The fraction of sp³-hybridized carbons (Fsp3) is 0.212. The third kappa shape index (κ3) is 5.47. The van der Waals surface area contributed by atoms with Gasteiger partial charge in [0.05, 0.1) is 0 Å². The summed E-state index contributed by atoms with van der Waals surface area (Å²) in [4.78, 5) is 2.50. The van der Waals surface area contributed by atoms with Crippen molar-refractivity contribution in [3.05, 3.63) is 139 Å². The van der Waals surface area contributed by atoms with Gasteiger partial charge in [-0.25, -0.2) is 16.4 Å². The lowest BCUT2D eigenvalue weighted by atomic mass is 9.37. The number of allylic oxidation sites excluding steroid dienone is 1. The summed E-state index contributed by atoms with van der Waals surface area (Å²) in [5.41, 5.74) is 5.46. The summed E-state index contributed by atoms with van der Waals surface area (Å²) < 4.78 is 0. The van der Waals surface area contributed by atoms with Crippen LogP contribution in [0.2, 0.25) is 0 Å². The molecule has 2 aliphatic heterocycles. The Morgan fingerprint density at radius 3 is 1.64 bits per heavy atom. The Morgan fingerprint density at radius 2 is 1.11 bits per heavy atom. The van der Waals surface area contributed by atoms with E-state index in [1.807, 2.05) is 0 Å². The maximum Gasteiger partial charge on any atom is 0.117 e. The highest BCUT2D eigenvalue weighted by atomic mass is 15.3. The van der Waals surface area contributed by atoms with E-state index in [0.717, 1.165) is 6.54 Å². The molecule has 1 N–H and O–H groups in total. The molecule has 1 fully saturated rings. The molecule has 2 heterocycles. The number of fused-ring (bicyclic) bond motifs is 1. The summed E-state index contributed by atoms with van der Waals surface area (Å²) in [5.74, 6) is 0. The first kappa shape index (κ1) is 24.2. The molecule has 6 rings (SSSR count). The number of nitrogens with one attached hydrogen (secondary N) is 1. The molecule has 0 spiro atoms. The van der Waals surface area contributed by atoms with E-state index in [1.165, 1.54) is 54.2 Å². The molecule has 2 nitrogen and oxygen atoms in total. The average molecular weight is 470 g/mol. The second-order valence-corrected chi connectivity index (χ2v) is 9.64. The van der Waals surface area contributed by atoms with Crippen molar-refractivity contribution in [2.45, 2.75) is 31.3 Å².